The van der Waals surface area contributed by atoms with E-state index in [1.54, 1.807) is 6.08 Å². The van der Waals surface area contributed by atoms with E-state index in [0.717, 1.165) is 99.8 Å². The quantitative estimate of drug-likeness (QED) is 0.428. The van der Waals surface area contributed by atoms with Crippen LogP contribution < -0.4 is 4.90 Å². The molecule has 196 valence electrons. The van der Waals surface area contributed by atoms with Gasteiger partial charge in [-0.1, -0.05) is 36.6 Å². The van der Waals surface area contributed by atoms with Crippen molar-refractivity contribution in [3.8, 4) is 0 Å². The topological polar surface area (TPSA) is 96.5 Å². The first-order valence-electron chi connectivity index (χ1n) is 14.1. The molecular weight excluding hydrogens is 466 g/mol. The summed E-state index contributed by atoms with van der Waals surface area (Å²) in [5, 5.41) is 13.4. The third kappa shape index (κ3) is 4.97. The van der Waals surface area contributed by atoms with Crippen LogP contribution in [0.5, 0.6) is 0 Å². The molecule has 1 N–H and O–H groups in total. The minimum absolute atomic E-state index is 0.00163. The number of anilines is 1. The molecule has 5 saturated carbocycles. The van der Waals surface area contributed by atoms with Crippen LogP contribution in [0, 0.1) is 11.3 Å². The van der Waals surface area contributed by atoms with Crippen LogP contribution in [-0.2, 0) is 15.0 Å². The highest BCUT2D eigenvalue weighted by atomic mass is 16.5. The number of carboxylic acids is 1. The SMILES string of the molecule is O=C(O)/C=C/c1cccc(N(CC23CCC(c4nc(C5CC5)no4)(CC2)CC3)C(=O)C2CCCCC2)c1. The molecule has 2 aromatic rings. The summed E-state index contributed by atoms with van der Waals surface area (Å²) in [5.74, 6) is 1.58. The number of amides is 1. The molecule has 5 aliphatic rings. The molecular formula is C30H37N3O4. The van der Waals surface area contributed by atoms with Crippen LogP contribution >= 0.6 is 0 Å². The summed E-state index contributed by atoms with van der Waals surface area (Å²) in [6.07, 6.45) is 16.7. The molecule has 1 heterocycles. The van der Waals surface area contributed by atoms with Crippen LogP contribution in [0.1, 0.15) is 107 Å². The van der Waals surface area contributed by atoms with Gasteiger partial charge in [-0.15, -0.1) is 0 Å². The zero-order valence-electron chi connectivity index (χ0n) is 21.5. The van der Waals surface area contributed by atoms with Crippen molar-refractivity contribution in [2.75, 3.05) is 11.4 Å². The van der Waals surface area contributed by atoms with Crippen molar-refractivity contribution < 1.29 is 19.2 Å². The van der Waals surface area contributed by atoms with Gasteiger partial charge in [0.1, 0.15) is 0 Å². The van der Waals surface area contributed by atoms with Crippen LogP contribution in [0.25, 0.3) is 6.08 Å². The van der Waals surface area contributed by atoms with Crippen LogP contribution in [0.15, 0.2) is 34.9 Å². The number of fused-ring (bicyclic) bond motifs is 3. The number of benzene rings is 1. The van der Waals surface area contributed by atoms with E-state index >= 15 is 0 Å². The van der Waals surface area contributed by atoms with Gasteiger partial charge in [-0.05, 0) is 93.4 Å². The maximum atomic E-state index is 14.0. The molecule has 5 aliphatic carbocycles. The molecule has 2 bridgehead atoms. The summed E-state index contributed by atoms with van der Waals surface area (Å²) in [5.41, 5.74) is 1.78. The number of carboxylic acid groups (broad SMARTS) is 1. The molecule has 0 spiro atoms. The Hall–Kier alpha value is -2.96. The summed E-state index contributed by atoms with van der Waals surface area (Å²) in [6, 6.07) is 7.78. The molecule has 0 unspecified atom stereocenters. The largest absolute Gasteiger partial charge is 0.478 e. The summed E-state index contributed by atoms with van der Waals surface area (Å²) in [6.45, 7) is 0.724. The molecule has 7 rings (SSSR count). The van der Waals surface area contributed by atoms with Crippen molar-refractivity contribution in [3.63, 3.8) is 0 Å². The van der Waals surface area contributed by atoms with Crippen molar-refractivity contribution in [2.24, 2.45) is 11.3 Å². The Morgan fingerprint density at radius 1 is 1.03 bits per heavy atom. The molecule has 1 aromatic carbocycles. The van der Waals surface area contributed by atoms with E-state index in [1.807, 2.05) is 29.2 Å². The first-order chi connectivity index (χ1) is 18.0. The first-order valence-corrected chi connectivity index (χ1v) is 14.1. The van der Waals surface area contributed by atoms with E-state index in [9.17, 15) is 9.59 Å². The smallest absolute Gasteiger partial charge is 0.328 e. The van der Waals surface area contributed by atoms with E-state index in [4.69, 9.17) is 14.6 Å². The molecule has 0 aliphatic heterocycles. The Kier molecular flexibility index (Phi) is 6.41. The fourth-order valence-electron chi connectivity index (χ4n) is 6.94. The second kappa shape index (κ2) is 9.73. The normalized spacial score (nSPS) is 28.0. The van der Waals surface area contributed by atoms with Gasteiger partial charge in [0.2, 0.25) is 11.8 Å². The zero-order valence-corrected chi connectivity index (χ0v) is 21.5. The predicted molar refractivity (Wildman–Crippen MR) is 140 cm³/mol. The number of aromatic nitrogens is 2. The Morgan fingerprint density at radius 2 is 1.76 bits per heavy atom. The zero-order chi connectivity index (χ0) is 25.5. The standard InChI is InChI=1S/C30H37N3O4/c34-25(35)12-9-21-5-4-8-24(19-21)33(27(36)23-6-2-1-3-7-23)20-29-13-16-30(17-14-29,18-15-29)28-31-26(32-37-28)22-10-11-22/h4-5,8-9,12,19,22-23H,1-3,6-7,10-11,13-18,20H2,(H,34,35)/b12-9+. The maximum Gasteiger partial charge on any atom is 0.328 e. The molecule has 0 saturated heterocycles. The Bertz CT molecular complexity index is 1170. The van der Waals surface area contributed by atoms with Gasteiger partial charge in [0.05, 0.1) is 0 Å². The first kappa shape index (κ1) is 24.4. The van der Waals surface area contributed by atoms with Crippen molar-refractivity contribution in [3.05, 3.63) is 47.6 Å². The van der Waals surface area contributed by atoms with Crippen molar-refractivity contribution >= 4 is 23.6 Å². The summed E-state index contributed by atoms with van der Waals surface area (Å²) in [7, 11) is 0. The summed E-state index contributed by atoms with van der Waals surface area (Å²) in [4.78, 5) is 31.9. The molecule has 7 heteroatoms. The van der Waals surface area contributed by atoms with Gasteiger partial charge >= 0.3 is 5.97 Å². The summed E-state index contributed by atoms with van der Waals surface area (Å²) < 4.78 is 5.80. The third-order valence-corrected chi connectivity index (χ3v) is 9.55. The lowest BCUT2D eigenvalue weighted by Gasteiger charge is -2.53. The van der Waals surface area contributed by atoms with E-state index in [2.05, 4.69) is 5.16 Å². The molecule has 1 amide bonds. The van der Waals surface area contributed by atoms with Crippen LogP contribution in [-0.4, -0.2) is 33.7 Å². The summed E-state index contributed by atoms with van der Waals surface area (Å²) >= 11 is 0. The minimum Gasteiger partial charge on any atom is -0.478 e. The van der Waals surface area contributed by atoms with Crippen LogP contribution in [0.4, 0.5) is 5.69 Å². The van der Waals surface area contributed by atoms with E-state index < -0.39 is 5.97 Å². The van der Waals surface area contributed by atoms with Gasteiger partial charge in [-0.2, -0.15) is 4.98 Å². The molecule has 7 nitrogen and oxygen atoms in total. The van der Waals surface area contributed by atoms with Gasteiger partial charge in [-0.25, -0.2) is 4.79 Å². The predicted octanol–water partition coefficient (Wildman–Crippen LogP) is 6.25. The van der Waals surface area contributed by atoms with Gasteiger partial charge in [0, 0.05) is 35.6 Å². The van der Waals surface area contributed by atoms with Gasteiger partial charge in [0.15, 0.2) is 5.82 Å². The average Bonchev–Trinajstić information content (AvgIpc) is 3.67. The highest BCUT2D eigenvalue weighted by Gasteiger charge is 2.53. The van der Waals surface area contributed by atoms with Gasteiger partial charge < -0.3 is 14.5 Å². The molecule has 5 fully saturated rings. The molecule has 1 aromatic heterocycles. The molecule has 0 radical (unpaired) electrons. The van der Waals surface area contributed by atoms with Crippen LogP contribution in [0.3, 0.4) is 0 Å². The molecule has 0 atom stereocenters. The van der Waals surface area contributed by atoms with Crippen molar-refractivity contribution in [1.82, 2.24) is 10.1 Å². The number of carbonyl (C=O) groups excluding carboxylic acids is 1. The van der Waals surface area contributed by atoms with Crippen molar-refractivity contribution in [2.45, 2.75) is 94.8 Å². The van der Waals surface area contributed by atoms with E-state index in [-0.39, 0.29) is 22.7 Å². The number of hydrogen-bond acceptors (Lipinski definition) is 5. The Morgan fingerprint density at radius 3 is 2.43 bits per heavy atom. The lowest BCUT2D eigenvalue weighted by molar-refractivity contribution is -0.131. The number of aliphatic carboxylic acids is 1. The Balaban J connectivity index is 1.23. The van der Waals surface area contributed by atoms with Crippen molar-refractivity contribution in [1.29, 1.82) is 0 Å². The van der Waals surface area contributed by atoms with E-state index in [0.29, 0.717) is 5.92 Å². The number of rotatable bonds is 8. The maximum absolute atomic E-state index is 14.0. The highest BCUT2D eigenvalue weighted by molar-refractivity contribution is 5.95. The highest BCUT2D eigenvalue weighted by Crippen LogP contribution is 2.58. The number of nitrogens with zero attached hydrogens (tertiary/aromatic N) is 3. The second-order valence-electron chi connectivity index (χ2n) is 12.0. The van der Waals surface area contributed by atoms with Gasteiger partial charge in [-0.3, -0.25) is 4.79 Å². The number of carbonyl (C=O) groups is 2. The monoisotopic (exact) mass is 503 g/mol. The average molecular weight is 504 g/mol. The van der Waals surface area contributed by atoms with Gasteiger partial charge in [0.25, 0.3) is 0 Å². The Labute approximate surface area is 218 Å². The molecule has 37 heavy (non-hydrogen) atoms. The minimum atomic E-state index is -0.974. The fourth-order valence-corrected chi connectivity index (χ4v) is 6.94. The lowest BCUT2D eigenvalue weighted by Crippen LogP contribution is -2.51. The fraction of sp³-hybridized carbons (Fsp3) is 0.600. The second-order valence-corrected chi connectivity index (χ2v) is 12.0. The number of hydrogen-bond donors (Lipinski definition) is 1. The lowest BCUT2D eigenvalue weighted by atomic mass is 9.53. The third-order valence-electron chi connectivity index (χ3n) is 9.55. The van der Waals surface area contributed by atoms with Crippen LogP contribution in [0.2, 0.25) is 0 Å². The van der Waals surface area contributed by atoms with E-state index in [1.165, 1.54) is 19.3 Å².